The van der Waals surface area contributed by atoms with E-state index in [9.17, 15) is 9.59 Å². The second-order valence-corrected chi connectivity index (χ2v) is 5.98. The maximum absolute atomic E-state index is 12.0. The Morgan fingerprint density at radius 3 is 2.10 bits per heavy atom. The summed E-state index contributed by atoms with van der Waals surface area (Å²) in [7, 11) is 3.79. The Hall–Kier alpha value is -1.14. The third-order valence-corrected chi connectivity index (χ3v) is 3.79. The second-order valence-electron chi connectivity index (χ2n) is 5.98. The van der Waals surface area contributed by atoms with Crippen LogP contribution < -0.4 is 5.32 Å². The Balaban J connectivity index is 1.64. The molecular formula is C14H26N4O2. The number of carbonyl (C=O) groups is 2. The van der Waals surface area contributed by atoms with Crippen molar-refractivity contribution in [2.75, 3.05) is 53.4 Å². The van der Waals surface area contributed by atoms with E-state index >= 15 is 0 Å². The zero-order valence-electron chi connectivity index (χ0n) is 12.6. The monoisotopic (exact) mass is 282 g/mol. The molecule has 2 aliphatic rings. The Morgan fingerprint density at radius 1 is 1.05 bits per heavy atom. The third kappa shape index (κ3) is 4.76. The maximum Gasteiger partial charge on any atom is 0.236 e. The Morgan fingerprint density at radius 2 is 1.60 bits per heavy atom. The van der Waals surface area contributed by atoms with Crippen LogP contribution in [0.4, 0.5) is 0 Å². The predicted octanol–water partition coefficient (Wildman–Crippen LogP) is -0.639. The molecule has 6 heteroatoms. The number of carbonyl (C=O) groups excluding carboxylic acids is 2. The van der Waals surface area contributed by atoms with E-state index in [1.165, 1.54) is 12.8 Å². The van der Waals surface area contributed by atoms with E-state index in [2.05, 4.69) is 5.32 Å². The number of nitrogens with one attached hydrogen (secondary N) is 1. The first-order valence-corrected chi connectivity index (χ1v) is 7.50. The van der Waals surface area contributed by atoms with Crippen LogP contribution in [-0.2, 0) is 9.59 Å². The van der Waals surface area contributed by atoms with E-state index in [0.29, 0.717) is 45.2 Å². The highest BCUT2D eigenvalue weighted by atomic mass is 16.2. The van der Waals surface area contributed by atoms with E-state index in [-0.39, 0.29) is 11.8 Å². The van der Waals surface area contributed by atoms with Gasteiger partial charge in [-0.1, -0.05) is 0 Å². The van der Waals surface area contributed by atoms with Crippen LogP contribution in [0.3, 0.4) is 0 Å². The van der Waals surface area contributed by atoms with Crippen molar-refractivity contribution in [3.05, 3.63) is 0 Å². The molecule has 20 heavy (non-hydrogen) atoms. The smallest absolute Gasteiger partial charge is 0.236 e. The largest absolute Gasteiger partial charge is 0.339 e. The molecular weight excluding hydrogens is 256 g/mol. The summed E-state index contributed by atoms with van der Waals surface area (Å²) in [6.07, 6.45) is 3.07. The number of rotatable bonds is 6. The van der Waals surface area contributed by atoms with Gasteiger partial charge in [-0.15, -0.1) is 0 Å². The summed E-state index contributed by atoms with van der Waals surface area (Å²) in [6.45, 7) is 3.88. The summed E-state index contributed by atoms with van der Waals surface area (Å²) in [4.78, 5) is 29.6. The molecule has 2 amide bonds. The number of likely N-dealkylation sites (N-methyl/N-ethyl adjacent to an activating group) is 1. The molecule has 1 saturated carbocycles. The molecule has 0 aromatic rings. The lowest BCUT2D eigenvalue weighted by Crippen LogP contribution is -2.52. The van der Waals surface area contributed by atoms with Gasteiger partial charge in [0.25, 0.3) is 0 Å². The maximum atomic E-state index is 12.0. The van der Waals surface area contributed by atoms with Crippen LogP contribution in [0, 0.1) is 0 Å². The Kier molecular flexibility index (Phi) is 5.37. The summed E-state index contributed by atoms with van der Waals surface area (Å²) < 4.78 is 0. The van der Waals surface area contributed by atoms with Gasteiger partial charge in [-0.05, 0) is 26.9 Å². The molecule has 0 radical (unpaired) electrons. The van der Waals surface area contributed by atoms with Gasteiger partial charge in [0.1, 0.15) is 0 Å². The molecule has 2 rings (SSSR count). The van der Waals surface area contributed by atoms with E-state index < -0.39 is 0 Å². The van der Waals surface area contributed by atoms with Crippen molar-refractivity contribution < 1.29 is 9.59 Å². The minimum Gasteiger partial charge on any atom is -0.339 e. The van der Waals surface area contributed by atoms with Crippen LogP contribution in [-0.4, -0.2) is 85.9 Å². The fourth-order valence-corrected chi connectivity index (χ4v) is 2.40. The second kappa shape index (κ2) is 7.04. The lowest BCUT2D eigenvalue weighted by molar-refractivity contribution is -0.139. The van der Waals surface area contributed by atoms with Crippen molar-refractivity contribution in [2.45, 2.75) is 25.3 Å². The molecule has 114 valence electrons. The number of piperazine rings is 1. The van der Waals surface area contributed by atoms with E-state index in [4.69, 9.17) is 0 Å². The number of amides is 2. The van der Waals surface area contributed by atoms with Gasteiger partial charge >= 0.3 is 0 Å². The van der Waals surface area contributed by atoms with Crippen molar-refractivity contribution in [3.8, 4) is 0 Å². The first-order valence-electron chi connectivity index (χ1n) is 7.50. The molecule has 0 aromatic heterocycles. The molecule has 1 aliphatic heterocycles. The SMILES string of the molecule is CN(C)CC(=O)N1CCN(C(=O)CCNC2CC2)CC1. The number of hydrogen-bond acceptors (Lipinski definition) is 4. The van der Waals surface area contributed by atoms with Crippen LogP contribution in [0.1, 0.15) is 19.3 Å². The van der Waals surface area contributed by atoms with E-state index in [1.807, 2.05) is 28.8 Å². The lowest BCUT2D eigenvalue weighted by atomic mass is 10.2. The third-order valence-electron chi connectivity index (χ3n) is 3.79. The highest BCUT2D eigenvalue weighted by molar-refractivity contribution is 5.79. The van der Waals surface area contributed by atoms with Crippen molar-refractivity contribution in [2.24, 2.45) is 0 Å². The fraction of sp³-hybridized carbons (Fsp3) is 0.857. The van der Waals surface area contributed by atoms with Gasteiger partial charge in [0, 0.05) is 45.2 Å². The topological polar surface area (TPSA) is 55.9 Å². The highest BCUT2D eigenvalue weighted by Crippen LogP contribution is 2.18. The molecule has 1 heterocycles. The fourth-order valence-electron chi connectivity index (χ4n) is 2.40. The first-order chi connectivity index (χ1) is 9.56. The summed E-state index contributed by atoms with van der Waals surface area (Å²) in [6, 6.07) is 0.656. The molecule has 2 fully saturated rings. The molecule has 0 aromatic carbocycles. The van der Waals surface area contributed by atoms with Gasteiger partial charge in [0.05, 0.1) is 6.54 Å². The molecule has 6 nitrogen and oxygen atoms in total. The lowest BCUT2D eigenvalue weighted by Gasteiger charge is -2.35. The molecule has 0 bridgehead atoms. The van der Waals surface area contributed by atoms with Crippen molar-refractivity contribution in [3.63, 3.8) is 0 Å². The van der Waals surface area contributed by atoms with Crippen LogP contribution >= 0.6 is 0 Å². The van der Waals surface area contributed by atoms with Crippen molar-refractivity contribution >= 4 is 11.8 Å². The summed E-state index contributed by atoms with van der Waals surface area (Å²) in [5.74, 6) is 0.357. The summed E-state index contributed by atoms with van der Waals surface area (Å²) >= 11 is 0. The minimum atomic E-state index is 0.150. The van der Waals surface area contributed by atoms with Crippen molar-refractivity contribution in [1.82, 2.24) is 20.0 Å². The summed E-state index contributed by atoms with van der Waals surface area (Å²) in [5, 5.41) is 3.36. The molecule has 0 atom stereocenters. The van der Waals surface area contributed by atoms with Gasteiger partial charge in [0.2, 0.25) is 11.8 Å². The van der Waals surface area contributed by atoms with Crippen molar-refractivity contribution in [1.29, 1.82) is 0 Å². The zero-order chi connectivity index (χ0) is 14.5. The quantitative estimate of drug-likeness (QED) is 0.704. The standard InChI is InChI=1S/C14H26N4O2/c1-16(2)11-14(20)18-9-7-17(8-10-18)13(19)5-6-15-12-3-4-12/h12,15H,3-11H2,1-2H3. The molecule has 0 spiro atoms. The van der Waals surface area contributed by atoms with Gasteiger partial charge in [-0.2, -0.15) is 0 Å². The van der Waals surface area contributed by atoms with E-state index in [1.54, 1.807) is 0 Å². The molecule has 0 unspecified atom stereocenters. The highest BCUT2D eigenvalue weighted by Gasteiger charge is 2.25. The van der Waals surface area contributed by atoms with Crippen LogP contribution in [0.5, 0.6) is 0 Å². The predicted molar refractivity (Wildman–Crippen MR) is 77.4 cm³/mol. The average Bonchev–Trinajstić information content (AvgIpc) is 3.22. The normalized spacial score (nSPS) is 19.6. The minimum absolute atomic E-state index is 0.150. The number of nitrogens with zero attached hydrogens (tertiary/aromatic N) is 3. The van der Waals surface area contributed by atoms with Gasteiger partial charge in [-0.25, -0.2) is 0 Å². The van der Waals surface area contributed by atoms with Gasteiger partial charge < -0.3 is 20.0 Å². The van der Waals surface area contributed by atoms with Gasteiger partial charge in [0.15, 0.2) is 0 Å². The Labute approximate surface area is 121 Å². The van der Waals surface area contributed by atoms with Crippen LogP contribution in [0.2, 0.25) is 0 Å². The van der Waals surface area contributed by atoms with Gasteiger partial charge in [-0.3, -0.25) is 9.59 Å². The molecule has 1 aliphatic carbocycles. The van der Waals surface area contributed by atoms with Crippen LogP contribution in [0.15, 0.2) is 0 Å². The number of hydrogen-bond donors (Lipinski definition) is 1. The van der Waals surface area contributed by atoms with Crippen LogP contribution in [0.25, 0.3) is 0 Å². The average molecular weight is 282 g/mol. The first kappa shape index (κ1) is 15.3. The zero-order valence-corrected chi connectivity index (χ0v) is 12.6. The Bertz CT molecular complexity index is 347. The summed E-state index contributed by atoms with van der Waals surface area (Å²) in [5.41, 5.74) is 0. The molecule has 1 saturated heterocycles. The van der Waals surface area contributed by atoms with E-state index in [0.717, 1.165) is 6.54 Å². The molecule has 1 N–H and O–H groups in total.